The van der Waals surface area contributed by atoms with Gasteiger partial charge in [-0.1, -0.05) is 6.07 Å². The van der Waals surface area contributed by atoms with Crippen molar-refractivity contribution in [3.63, 3.8) is 0 Å². The molecule has 0 bridgehead atoms. The quantitative estimate of drug-likeness (QED) is 0.824. The number of aromatic nitrogens is 1. The fraction of sp³-hybridized carbons (Fsp3) is 0.417. The van der Waals surface area contributed by atoms with E-state index in [2.05, 4.69) is 4.98 Å². The van der Waals surface area contributed by atoms with Crippen molar-refractivity contribution in [3.8, 4) is 0 Å². The maximum absolute atomic E-state index is 11.8. The third-order valence-electron chi connectivity index (χ3n) is 3.20. The molecule has 2 atom stereocenters. The third kappa shape index (κ3) is 2.27. The highest BCUT2D eigenvalue weighted by Crippen LogP contribution is 2.27. The smallest absolute Gasteiger partial charge is 0.223 e. The van der Waals surface area contributed by atoms with Crippen molar-refractivity contribution in [2.75, 3.05) is 6.54 Å². The molecule has 0 saturated carbocycles. The third-order valence-corrected chi connectivity index (χ3v) is 3.20. The first-order chi connectivity index (χ1) is 8.09. The van der Waals surface area contributed by atoms with E-state index in [9.17, 15) is 9.59 Å². The molecule has 5 nitrogen and oxygen atoms in total. The van der Waals surface area contributed by atoms with Gasteiger partial charge >= 0.3 is 0 Å². The Kier molecular flexibility index (Phi) is 3.08. The van der Waals surface area contributed by atoms with Crippen molar-refractivity contribution in [3.05, 3.63) is 30.1 Å². The summed E-state index contributed by atoms with van der Waals surface area (Å²) in [5.74, 6) is -0.786. The lowest BCUT2D eigenvalue weighted by molar-refractivity contribution is -0.130. The maximum atomic E-state index is 11.8. The molecule has 1 aliphatic heterocycles. The van der Waals surface area contributed by atoms with Crippen LogP contribution in [0.1, 0.15) is 24.9 Å². The summed E-state index contributed by atoms with van der Waals surface area (Å²) in [6.45, 7) is 2.34. The number of nitrogens with zero attached hydrogens (tertiary/aromatic N) is 2. The van der Waals surface area contributed by atoms with E-state index in [0.717, 1.165) is 5.56 Å². The summed E-state index contributed by atoms with van der Waals surface area (Å²) in [7, 11) is 0. The number of likely N-dealkylation sites (tertiary alicyclic amines) is 1. The number of hydrogen-bond acceptors (Lipinski definition) is 3. The molecule has 0 aliphatic carbocycles. The monoisotopic (exact) mass is 233 g/mol. The van der Waals surface area contributed by atoms with Crippen LogP contribution in [0.3, 0.4) is 0 Å². The Morgan fingerprint density at radius 2 is 2.41 bits per heavy atom. The molecule has 1 saturated heterocycles. The van der Waals surface area contributed by atoms with Crippen LogP contribution >= 0.6 is 0 Å². The molecular weight excluding hydrogens is 218 g/mol. The predicted octanol–water partition coefficient (Wildman–Crippen LogP) is 0.476. The van der Waals surface area contributed by atoms with Crippen LogP contribution in [-0.4, -0.2) is 28.2 Å². The van der Waals surface area contributed by atoms with Crippen LogP contribution in [0.15, 0.2) is 24.5 Å². The molecule has 2 rings (SSSR count). The molecule has 17 heavy (non-hydrogen) atoms. The zero-order chi connectivity index (χ0) is 12.4. The maximum Gasteiger partial charge on any atom is 0.223 e. The lowest BCUT2D eigenvalue weighted by Gasteiger charge is -2.24. The Morgan fingerprint density at radius 3 is 2.94 bits per heavy atom. The van der Waals surface area contributed by atoms with Crippen LogP contribution in [0.5, 0.6) is 0 Å². The van der Waals surface area contributed by atoms with Crippen LogP contribution in [0.2, 0.25) is 0 Å². The van der Waals surface area contributed by atoms with E-state index < -0.39 is 5.91 Å². The molecule has 2 heterocycles. The van der Waals surface area contributed by atoms with E-state index >= 15 is 0 Å². The van der Waals surface area contributed by atoms with Crippen LogP contribution in [0.25, 0.3) is 0 Å². The number of amides is 2. The minimum Gasteiger partial charge on any atom is -0.369 e. The average molecular weight is 233 g/mol. The zero-order valence-electron chi connectivity index (χ0n) is 9.67. The highest BCUT2D eigenvalue weighted by Gasteiger charge is 2.35. The fourth-order valence-corrected chi connectivity index (χ4v) is 2.10. The Labute approximate surface area is 99.6 Å². The van der Waals surface area contributed by atoms with E-state index in [1.807, 2.05) is 19.1 Å². The van der Waals surface area contributed by atoms with Crippen molar-refractivity contribution in [2.24, 2.45) is 11.7 Å². The molecule has 90 valence electrons. The molecule has 1 fully saturated rings. The molecule has 0 spiro atoms. The first-order valence-corrected chi connectivity index (χ1v) is 5.58. The lowest BCUT2D eigenvalue weighted by Crippen LogP contribution is -2.30. The molecule has 5 heteroatoms. The second kappa shape index (κ2) is 4.53. The summed E-state index contributed by atoms with van der Waals surface area (Å²) in [6, 6.07) is 3.68. The standard InChI is InChI=1S/C12H15N3O2/c1-8(9-3-2-4-14-6-9)15-7-10(12(13)17)5-11(15)16/h2-4,6,8,10H,5,7H2,1H3,(H2,13,17). The molecule has 2 N–H and O–H groups in total. The topological polar surface area (TPSA) is 76.3 Å². The minimum absolute atomic E-state index is 0.0230. The SMILES string of the molecule is CC(c1cccnc1)N1CC(C(N)=O)CC1=O. The molecular formula is C12H15N3O2. The first kappa shape index (κ1) is 11.6. The summed E-state index contributed by atoms with van der Waals surface area (Å²) in [6.07, 6.45) is 3.64. The largest absolute Gasteiger partial charge is 0.369 e. The van der Waals surface area contributed by atoms with Crippen molar-refractivity contribution < 1.29 is 9.59 Å². The normalized spacial score (nSPS) is 21.6. The number of nitrogens with two attached hydrogens (primary N) is 1. The lowest BCUT2D eigenvalue weighted by atomic mass is 10.1. The van der Waals surface area contributed by atoms with Crippen LogP contribution in [0, 0.1) is 5.92 Å². The van der Waals surface area contributed by atoms with Gasteiger partial charge in [0.1, 0.15) is 0 Å². The fourth-order valence-electron chi connectivity index (χ4n) is 2.10. The number of pyridine rings is 1. The van der Waals surface area contributed by atoms with Crippen molar-refractivity contribution in [1.82, 2.24) is 9.88 Å². The summed E-state index contributed by atoms with van der Waals surface area (Å²) >= 11 is 0. The van der Waals surface area contributed by atoms with Crippen LogP contribution in [-0.2, 0) is 9.59 Å². The highest BCUT2D eigenvalue weighted by molar-refractivity contribution is 5.88. The number of hydrogen-bond donors (Lipinski definition) is 1. The number of carbonyl (C=O) groups excluding carboxylic acids is 2. The molecule has 0 aromatic carbocycles. The van der Waals surface area contributed by atoms with Gasteiger partial charge in [-0.3, -0.25) is 14.6 Å². The van der Waals surface area contributed by atoms with E-state index in [-0.39, 0.29) is 24.3 Å². The Balaban J connectivity index is 2.14. The minimum atomic E-state index is -0.403. The van der Waals surface area contributed by atoms with Crippen LogP contribution in [0.4, 0.5) is 0 Å². The van der Waals surface area contributed by atoms with Gasteiger partial charge < -0.3 is 10.6 Å². The van der Waals surface area contributed by atoms with Gasteiger partial charge in [-0.25, -0.2) is 0 Å². The average Bonchev–Trinajstić information content (AvgIpc) is 2.72. The van der Waals surface area contributed by atoms with E-state index in [1.54, 1.807) is 17.3 Å². The van der Waals surface area contributed by atoms with Crippen molar-refractivity contribution >= 4 is 11.8 Å². The molecule has 1 aromatic rings. The molecule has 2 amide bonds. The molecule has 0 radical (unpaired) electrons. The Bertz CT molecular complexity index is 433. The highest BCUT2D eigenvalue weighted by atomic mass is 16.2. The summed E-state index contributed by atoms with van der Waals surface area (Å²) in [5.41, 5.74) is 6.19. The zero-order valence-corrected chi connectivity index (χ0v) is 9.67. The van der Waals surface area contributed by atoms with Gasteiger partial charge in [0.05, 0.1) is 12.0 Å². The number of carbonyl (C=O) groups is 2. The van der Waals surface area contributed by atoms with Gasteiger partial charge in [-0.05, 0) is 18.6 Å². The summed E-state index contributed by atoms with van der Waals surface area (Å²) < 4.78 is 0. The van der Waals surface area contributed by atoms with Crippen molar-refractivity contribution in [2.45, 2.75) is 19.4 Å². The Morgan fingerprint density at radius 1 is 1.65 bits per heavy atom. The van der Waals surface area contributed by atoms with Gasteiger partial charge in [0.2, 0.25) is 11.8 Å². The molecule has 1 aliphatic rings. The number of rotatable bonds is 3. The predicted molar refractivity (Wildman–Crippen MR) is 61.7 cm³/mol. The molecule has 1 aromatic heterocycles. The number of primary amides is 1. The summed E-state index contributed by atoms with van der Waals surface area (Å²) in [5, 5.41) is 0. The van der Waals surface area contributed by atoms with Gasteiger partial charge in [0, 0.05) is 25.4 Å². The second-order valence-corrected chi connectivity index (χ2v) is 4.31. The Hall–Kier alpha value is -1.91. The van der Waals surface area contributed by atoms with Gasteiger partial charge in [0.25, 0.3) is 0 Å². The van der Waals surface area contributed by atoms with Gasteiger partial charge in [0.15, 0.2) is 0 Å². The summed E-state index contributed by atoms with van der Waals surface area (Å²) in [4.78, 5) is 28.6. The first-order valence-electron chi connectivity index (χ1n) is 5.58. The van der Waals surface area contributed by atoms with E-state index in [4.69, 9.17) is 5.73 Å². The van der Waals surface area contributed by atoms with Crippen molar-refractivity contribution in [1.29, 1.82) is 0 Å². The van der Waals surface area contributed by atoms with Gasteiger partial charge in [-0.15, -0.1) is 0 Å². The second-order valence-electron chi connectivity index (χ2n) is 4.31. The van der Waals surface area contributed by atoms with E-state index in [1.165, 1.54) is 0 Å². The van der Waals surface area contributed by atoms with E-state index in [0.29, 0.717) is 6.54 Å². The van der Waals surface area contributed by atoms with Gasteiger partial charge in [-0.2, -0.15) is 0 Å². The van der Waals surface area contributed by atoms with Crippen LogP contribution < -0.4 is 5.73 Å². The molecule has 2 unspecified atom stereocenters.